The molecule has 0 amide bonds. The molecule has 1 unspecified atom stereocenters. The molecule has 1 aromatic heterocycles. The Morgan fingerprint density at radius 1 is 1.50 bits per heavy atom. The van der Waals surface area contributed by atoms with E-state index < -0.39 is 18.7 Å². The van der Waals surface area contributed by atoms with Gasteiger partial charge in [0.25, 0.3) is 12.7 Å². The first-order valence-corrected chi connectivity index (χ1v) is 4.49. The number of nitrogens with zero attached hydrogens (tertiary/aromatic N) is 1. The van der Waals surface area contributed by atoms with E-state index in [1.54, 1.807) is 13.0 Å². The third kappa shape index (κ3) is 3.23. The number of carbonyl (C=O) groups excluding carboxylic acids is 1. The minimum atomic E-state index is -2.89. The van der Waals surface area contributed by atoms with Crippen LogP contribution < -0.4 is 0 Å². The maximum absolute atomic E-state index is 12.2. The molecule has 1 atom stereocenters. The topological polar surface area (TPSA) is 48.4 Å². The second-order valence-electron chi connectivity index (χ2n) is 3.06. The highest BCUT2D eigenvalue weighted by molar-refractivity contribution is 5.87. The van der Waals surface area contributed by atoms with Gasteiger partial charge in [-0.3, -0.25) is 0 Å². The van der Waals surface area contributed by atoms with E-state index in [0.717, 1.165) is 12.7 Å². The largest absolute Gasteiger partial charge is 0.425 e. The Kier molecular flexibility index (Phi) is 4.30. The fourth-order valence-corrected chi connectivity index (χ4v) is 1.02. The van der Waals surface area contributed by atoms with E-state index in [1.807, 2.05) is 0 Å². The van der Waals surface area contributed by atoms with Crippen LogP contribution in [0.5, 0.6) is 0 Å². The fraction of sp³-hybridized carbons (Fsp3) is 0.400. The van der Waals surface area contributed by atoms with Gasteiger partial charge in [-0.25, -0.2) is 18.6 Å². The highest BCUT2D eigenvalue weighted by Crippen LogP contribution is 2.10. The second-order valence-corrected chi connectivity index (χ2v) is 3.06. The van der Waals surface area contributed by atoms with Crippen LogP contribution in [0.15, 0.2) is 18.3 Å². The van der Waals surface area contributed by atoms with Crippen LogP contribution in [-0.4, -0.2) is 30.8 Å². The molecule has 0 saturated heterocycles. The Morgan fingerprint density at radius 3 is 2.69 bits per heavy atom. The van der Waals surface area contributed by atoms with Crippen molar-refractivity contribution in [1.29, 1.82) is 0 Å². The molecule has 1 aromatic rings. The fourth-order valence-electron chi connectivity index (χ4n) is 1.02. The zero-order chi connectivity index (χ0) is 12.1. The minimum Gasteiger partial charge on any atom is -0.425 e. The summed E-state index contributed by atoms with van der Waals surface area (Å²) in [5, 5.41) is 0. The van der Waals surface area contributed by atoms with E-state index in [-0.39, 0.29) is 5.69 Å². The molecule has 1 heterocycles. The molecule has 0 saturated carbocycles. The lowest BCUT2D eigenvalue weighted by molar-refractivity contribution is -0.163. The number of pyridine rings is 1. The summed E-state index contributed by atoms with van der Waals surface area (Å²) < 4.78 is 33.2. The molecule has 6 heteroatoms. The van der Waals surface area contributed by atoms with Gasteiger partial charge in [0.05, 0.1) is 0 Å². The molecule has 0 spiro atoms. The van der Waals surface area contributed by atoms with Crippen LogP contribution in [0.1, 0.15) is 16.1 Å². The van der Waals surface area contributed by atoms with Crippen molar-refractivity contribution in [2.24, 2.45) is 0 Å². The first kappa shape index (κ1) is 12.5. The van der Waals surface area contributed by atoms with Gasteiger partial charge >= 0.3 is 5.97 Å². The minimum absolute atomic E-state index is 0.0253. The van der Waals surface area contributed by atoms with Crippen LogP contribution in [0.4, 0.5) is 8.78 Å². The van der Waals surface area contributed by atoms with Crippen molar-refractivity contribution in [3.8, 4) is 0 Å². The monoisotopic (exact) mass is 231 g/mol. The molecule has 0 aliphatic heterocycles. The van der Waals surface area contributed by atoms with E-state index in [2.05, 4.69) is 14.5 Å². The molecule has 88 valence electrons. The summed E-state index contributed by atoms with van der Waals surface area (Å²) in [5.41, 5.74) is 0.760. The average molecular weight is 231 g/mol. The molecule has 0 fully saturated rings. The molecule has 0 aliphatic carbocycles. The van der Waals surface area contributed by atoms with Crippen molar-refractivity contribution >= 4 is 5.97 Å². The lowest BCUT2D eigenvalue weighted by Crippen LogP contribution is -2.27. The quantitative estimate of drug-likeness (QED) is 0.585. The predicted molar refractivity (Wildman–Crippen MR) is 51.2 cm³/mol. The summed E-state index contributed by atoms with van der Waals surface area (Å²) in [7, 11) is 1.04. The first-order valence-electron chi connectivity index (χ1n) is 4.49. The molecule has 0 aliphatic rings. The van der Waals surface area contributed by atoms with Crippen molar-refractivity contribution in [3.63, 3.8) is 0 Å². The van der Waals surface area contributed by atoms with Gasteiger partial charge in [-0.05, 0) is 24.6 Å². The van der Waals surface area contributed by atoms with Crippen LogP contribution >= 0.6 is 0 Å². The van der Waals surface area contributed by atoms with E-state index in [0.29, 0.717) is 0 Å². The third-order valence-electron chi connectivity index (χ3n) is 1.79. The predicted octanol–water partition coefficient (Wildman–Crippen LogP) is 1.78. The smallest absolute Gasteiger partial charge is 0.359 e. The van der Waals surface area contributed by atoms with Crippen molar-refractivity contribution in [2.45, 2.75) is 19.6 Å². The molecular weight excluding hydrogens is 220 g/mol. The van der Waals surface area contributed by atoms with Crippen molar-refractivity contribution in [3.05, 3.63) is 29.6 Å². The van der Waals surface area contributed by atoms with Gasteiger partial charge in [0.2, 0.25) is 0 Å². The summed E-state index contributed by atoms with van der Waals surface area (Å²) in [6.45, 7) is 1.75. The Bertz CT molecular complexity index is 371. The number of esters is 1. The molecular formula is C10H11F2NO3. The number of hydrogen-bond acceptors (Lipinski definition) is 4. The maximum atomic E-state index is 12.2. The first-order chi connectivity index (χ1) is 7.54. The average Bonchev–Trinajstić information content (AvgIpc) is 2.25. The number of carbonyl (C=O) groups is 1. The molecule has 4 nitrogen and oxygen atoms in total. The SMILES string of the molecule is COC(OC(=O)c1cc(C)ccn1)C(F)F. The third-order valence-corrected chi connectivity index (χ3v) is 1.79. The lowest BCUT2D eigenvalue weighted by atomic mass is 10.2. The van der Waals surface area contributed by atoms with Crippen LogP contribution in [0.2, 0.25) is 0 Å². The van der Waals surface area contributed by atoms with Crippen LogP contribution in [0.3, 0.4) is 0 Å². The van der Waals surface area contributed by atoms with Gasteiger partial charge in [0, 0.05) is 13.3 Å². The van der Waals surface area contributed by atoms with Crippen molar-refractivity contribution in [1.82, 2.24) is 4.98 Å². The summed E-state index contributed by atoms with van der Waals surface area (Å²) in [6.07, 6.45) is -3.36. The number of aromatic nitrogens is 1. The summed E-state index contributed by atoms with van der Waals surface area (Å²) in [4.78, 5) is 15.1. The van der Waals surface area contributed by atoms with Gasteiger partial charge in [-0.15, -0.1) is 0 Å². The Balaban J connectivity index is 2.72. The molecule has 1 rings (SSSR count). The van der Waals surface area contributed by atoms with Crippen LogP contribution in [0, 0.1) is 6.92 Å². The number of rotatable bonds is 4. The molecule has 0 radical (unpaired) electrons. The van der Waals surface area contributed by atoms with Gasteiger partial charge in [0.15, 0.2) is 0 Å². The van der Waals surface area contributed by atoms with Gasteiger partial charge in [-0.1, -0.05) is 0 Å². The number of hydrogen-bond donors (Lipinski definition) is 0. The Morgan fingerprint density at radius 2 is 2.19 bits per heavy atom. The normalized spacial score (nSPS) is 12.6. The Hall–Kier alpha value is -1.56. The standard InChI is InChI=1S/C10H11F2NO3/c1-6-3-4-13-7(5-6)9(14)16-10(15-2)8(11)12/h3-5,8,10H,1-2H3. The van der Waals surface area contributed by atoms with Gasteiger partial charge in [-0.2, -0.15) is 0 Å². The highest BCUT2D eigenvalue weighted by Gasteiger charge is 2.25. The number of halogens is 2. The Labute approximate surface area is 91.2 Å². The van der Waals surface area contributed by atoms with E-state index in [4.69, 9.17) is 0 Å². The molecule has 0 bridgehead atoms. The molecule has 16 heavy (non-hydrogen) atoms. The lowest BCUT2D eigenvalue weighted by Gasteiger charge is -2.14. The van der Waals surface area contributed by atoms with Crippen LogP contribution in [0.25, 0.3) is 0 Å². The number of ether oxygens (including phenoxy) is 2. The van der Waals surface area contributed by atoms with Gasteiger partial charge in [0.1, 0.15) is 5.69 Å². The summed E-state index contributed by atoms with van der Waals surface area (Å²) in [5.74, 6) is -0.934. The zero-order valence-electron chi connectivity index (χ0n) is 8.81. The molecule has 0 N–H and O–H groups in total. The van der Waals surface area contributed by atoms with Gasteiger partial charge < -0.3 is 9.47 Å². The van der Waals surface area contributed by atoms with Crippen molar-refractivity contribution < 1.29 is 23.0 Å². The van der Waals surface area contributed by atoms with Crippen molar-refractivity contribution in [2.75, 3.05) is 7.11 Å². The number of alkyl halides is 2. The van der Waals surface area contributed by atoms with Crippen LogP contribution in [-0.2, 0) is 9.47 Å². The van der Waals surface area contributed by atoms with E-state index in [1.165, 1.54) is 12.3 Å². The maximum Gasteiger partial charge on any atom is 0.359 e. The summed E-state index contributed by atoms with van der Waals surface area (Å²) >= 11 is 0. The van der Waals surface area contributed by atoms with E-state index >= 15 is 0 Å². The zero-order valence-corrected chi connectivity index (χ0v) is 8.81. The highest BCUT2D eigenvalue weighted by atomic mass is 19.3. The van der Waals surface area contributed by atoms with E-state index in [9.17, 15) is 13.6 Å². The number of methoxy groups -OCH3 is 1. The summed E-state index contributed by atoms with van der Waals surface area (Å²) in [6, 6.07) is 3.12. The number of aryl methyl sites for hydroxylation is 1. The molecule has 0 aromatic carbocycles. The second kappa shape index (κ2) is 5.50.